The fourth-order valence-corrected chi connectivity index (χ4v) is 1.10. The van der Waals surface area contributed by atoms with Crippen LogP contribution >= 0.6 is 15.9 Å². The Labute approximate surface area is 76.9 Å². The molecule has 0 amide bonds. The highest BCUT2D eigenvalue weighted by Crippen LogP contribution is 2.22. The SMILES string of the molecule is Cc1[nH+]c(N)c([N+](=O)[O-])cc1Br. The quantitative estimate of drug-likeness (QED) is 0.581. The number of nitrogen functional groups attached to an aromatic ring is 1. The van der Waals surface area contributed by atoms with Crippen LogP contribution in [0, 0.1) is 17.0 Å². The first-order valence-electron chi connectivity index (χ1n) is 3.14. The summed E-state index contributed by atoms with van der Waals surface area (Å²) in [5.41, 5.74) is 6.02. The molecule has 12 heavy (non-hydrogen) atoms. The molecular weight excluding hydrogens is 226 g/mol. The van der Waals surface area contributed by atoms with Crippen molar-refractivity contribution in [2.75, 3.05) is 5.73 Å². The lowest BCUT2D eigenvalue weighted by Gasteiger charge is -1.95. The fraction of sp³-hybridized carbons (Fsp3) is 0.167. The predicted octanol–water partition coefficient (Wildman–Crippen LogP) is 1.06. The van der Waals surface area contributed by atoms with Crippen molar-refractivity contribution in [1.82, 2.24) is 0 Å². The van der Waals surface area contributed by atoms with E-state index in [0.29, 0.717) is 4.47 Å². The number of H-pyrrole nitrogens is 1. The van der Waals surface area contributed by atoms with Gasteiger partial charge >= 0.3 is 11.5 Å². The molecule has 0 saturated heterocycles. The first-order chi connectivity index (χ1) is 5.52. The normalized spacial score (nSPS) is 9.83. The second kappa shape index (κ2) is 3.06. The van der Waals surface area contributed by atoms with Gasteiger partial charge in [0.15, 0.2) is 0 Å². The van der Waals surface area contributed by atoms with Gasteiger partial charge in [-0.25, -0.2) is 4.98 Å². The number of nitrogens with one attached hydrogen (secondary N) is 1. The van der Waals surface area contributed by atoms with Crippen molar-refractivity contribution in [2.24, 2.45) is 0 Å². The Hall–Kier alpha value is -1.17. The number of hydrogen-bond acceptors (Lipinski definition) is 3. The zero-order valence-corrected chi connectivity index (χ0v) is 7.88. The van der Waals surface area contributed by atoms with E-state index in [2.05, 4.69) is 20.9 Å². The molecule has 1 aromatic heterocycles. The molecule has 0 aliphatic rings. The summed E-state index contributed by atoms with van der Waals surface area (Å²) in [6, 6.07) is 1.38. The van der Waals surface area contributed by atoms with Crippen LogP contribution in [0.3, 0.4) is 0 Å². The summed E-state index contributed by atoms with van der Waals surface area (Å²) >= 11 is 3.16. The lowest BCUT2D eigenvalue weighted by molar-refractivity contribution is -0.413. The number of aromatic amines is 1. The predicted molar refractivity (Wildman–Crippen MR) is 46.5 cm³/mol. The average Bonchev–Trinajstić information content (AvgIpc) is 1.96. The van der Waals surface area contributed by atoms with E-state index in [9.17, 15) is 10.1 Å². The van der Waals surface area contributed by atoms with Crippen molar-refractivity contribution in [3.8, 4) is 0 Å². The third-order valence-electron chi connectivity index (χ3n) is 1.42. The molecule has 0 saturated carbocycles. The Kier molecular flexibility index (Phi) is 2.27. The molecule has 0 spiro atoms. The summed E-state index contributed by atoms with van der Waals surface area (Å²) < 4.78 is 0.642. The van der Waals surface area contributed by atoms with E-state index in [0.717, 1.165) is 5.69 Å². The smallest absolute Gasteiger partial charge is 0.281 e. The van der Waals surface area contributed by atoms with Crippen LogP contribution in [0.2, 0.25) is 0 Å². The molecule has 1 rings (SSSR count). The number of halogens is 1. The van der Waals surface area contributed by atoms with Crippen molar-refractivity contribution >= 4 is 27.4 Å². The zero-order chi connectivity index (χ0) is 9.30. The molecule has 64 valence electrons. The van der Waals surface area contributed by atoms with Crippen molar-refractivity contribution in [3.05, 3.63) is 26.3 Å². The van der Waals surface area contributed by atoms with Crippen LogP contribution in [0.1, 0.15) is 5.69 Å². The lowest BCUT2D eigenvalue weighted by Crippen LogP contribution is -2.16. The molecule has 0 fully saturated rings. The fourth-order valence-electron chi connectivity index (χ4n) is 0.783. The highest BCUT2D eigenvalue weighted by atomic mass is 79.9. The maximum Gasteiger partial charge on any atom is 0.358 e. The first kappa shape index (κ1) is 8.92. The van der Waals surface area contributed by atoms with Gasteiger partial charge in [-0.1, -0.05) is 0 Å². The van der Waals surface area contributed by atoms with E-state index in [1.54, 1.807) is 6.92 Å². The summed E-state index contributed by atoms with van der Waals surface area (Å²) in [4.78, 5) is 12.5. The van der Waals surface area contributed by atoms with E-state index in [1.165, 1.54) is 6.07 Å². The van der Waals surface area contributed by atoms with E-state index in [4.69, 9.17) is 5.73 Å². The number of nitrogens with two attached hydrogens (primary N) is 1. The van der Waals surface area contributed by atoms with Crippen LogP contribution in [0.25, 0.3) is 0 Å². The standard InChI is InChI=1S/C6H6BrN3O2/c1-3-4(7)2-5(10(11)12)6(8)9-3/h2H,1H3,(H2,8,9)/p+1. The Morgan fingerprint density at radius 2 is 2.33 bits per heavy atom. The Bertz CT molecular complexity index is 340. The number of rotatable bonds is 1. The minimum Gasteiger partial charge on any atom is -0.281 e. The molecule has 0 bridgehead atoms. The topological polar surface area (TPSA) is 83.3 Å². The average molecular weight is 233 g/mol. The van der Waals surface area contributed by atoms with Gasteiger partial charge < -0.3 is 0 Å². The van der Waals surface area contributed by atoms with Crippen LogP contribution in [0.15, 0.2) is 10.5 Å². The molecule has 6 heteroatoms. The van der Waals surface area contributed by atoms with Crippen LogP contribution in [-0.2, 0) is 0 Å². The second-order valence-electron chi connectivity index (χ2n) is 2.30. The van der Waals surface area contributed by atoms with Gasteiger partial charge in [-0.3, -0.25) is 15.8 Å². The van der Waals surface area contributed by atoms with Crippen molar-refractivity contribution < 1.29 is 9.91 Å². The van der Waals surface area contributed by atoms with Crippen molar-refractivity contribution in [3.63, 3.8) is 0 Å². The second-order valence-corrected chi connectivity index (χ2v) is 3.15. The Morgan fingerprint density at radius 1 is 1.75 bits per heavy atom. The number of nitro groups is 1. The summed E-state index contributed by atoms with van der Waals surface area (Å²) in [6.45, 7) is 1.77. The number of nitrogens with zero attached hydrogens (tertiary/aromatic N) is 1. The van der Waals surface area contributed by atoms with Crippen LogP contribution < -0.4 is 10.7 Å². The molecule has 0 aliphatic heterocycles. The molecule has 0 aliphatic carbocycles. The minimum atomic E-state index is -0.532. The number of pyridine rings is 1. The van der Waals surface area contributed by atoms with E-state index in [1.807, 2.05) is 0 Å². The molecule has 1 heterocycles. The van der Waals surface area contributed by atoms with Gasteiger partial charge in [0.2, 0.25) is 0 Å². The Morgan fingerprint density at radius 3 is 2.83 bits per heavy atom. The van der Waals surface area contributed by atoms with E-state index >= 15 is 0 Å². The maximum atomic E-state index is 10.4. The van der Waals surface area contributed by atoms with Crippen LogP contribution in [0.4, 0.5) is 11.5 Å². The van der Waals surface area contributed by atoms with Gasteiger partial charge in [0.1, 0.15) is 5.69 Å². The van der Waals surface area contributed by atoms with Gasteiger partial charge in [-0.05, 0) is 22.9 Å². The molecule has 1 aromatic rings. The third-order valence-corrected chi connectivity index (χ3v) is 2.24. The maximum absolute atomic E-state index is 10.4. The summed E-state index contributed by atoms with van der Waals surface area (Å²) in [6.07, 6.45) is 0. The largest absolute Gasteiger partial charge is 0.358 e. The number of hydrogen-bond donors (Lipinski definition) is 1. The minimum absolute atomic E-state index is 0.0701. The summed E-state index contributed by atoms with van der Waals surface area (Å²) in [7, 11) is 0. The molecule has 0 unspecified atom stereocenters. The van der Waals surface area contributed by atoms with Gasteiger partial charge in [-0.2, -0.15) is 0 Å². The van der Waals surface area contributed by atoms with Gasteiger partial charge in [0.05, 0.1) is 9.40 Å². The molecule has 5 nitrogen and oxygen atoms in total. The lowest BCUT2D eigenvalue weighted by atomic mass is 10.3. The van der Waals surface area contributed by atoms with Gasteiger partial charge in [-0.15, -0.1) is 0 Å². The number of anilines is 1. The van der Waals surface area contributed by atoms with Crippen molar-refractivity contribution in [1.29, 1.82) is 0 Å². The van der Waals surface area contributed by atoms with Crippen LogP contribution in [0.5, 0.6) is 0 Å². The molecule has 0 aromatic carbocycles. The highest BCUT2D eigenvalue weighted by molar-refractivity contribution is 9.10. The van der Waals surface area contributed by atoms with E-state index < -0.39 is 4.92 Å². The molecule has 0 atom stereocenters. The number of aromatic nitrogens is 1. The highest BCUT2D eigenvalue weighted by Gasteiger charge is 2.19. The summed E-state index contributed by atoms with van der Waals surface area (Å²) in [5.74, 6) is 0.0701. The van der Waals surface area contributed by atoms with Gasteiger partial charge in [0, 0.05) is 6.07 Å². The molecular formula is C6H7BrN3O2+. The van der Waals surface area contributed by atoms with Crippen molar-refractivity contribution in [2.45, 2.75) is 6.92 Å². The molecule has 0 radical (unpaired) electrons. The van der Waals surface area contributed by atoms with E-state index in [-0.39, 0.29) is 11.5 Å². The first-order valence-corrected chi connectivity index (χ1v) is 3.94. The molecule has 3 N–H and O–H groups in total. The third kappa shape index (κ3) is 1.53. The monoisotopic (exact) mass is 232 g/mol. The van der Waals surface area contributed by atoms with Gasteiger partial charge in [0.25, 0.3) is 0 Å². The summed E-state index contributed by atoms with van der Waals surface area (Å²) in [5, 5.41) is 10.4. The van der Waals surface area contributed by atoms with Crippen LogP contribution in [-0.4, -0.2) is 4.92 Å². The Balaban J connectivity index is 3.33. The zero-order valence-electron chi connectivity index (χ0n) is 6.30. The number of aryl methyl sites for hydroxylation is 1.